The van der Waals surface area contributed by atoms with Crippen molar-refractivity contribution in [2.45, 2.75) is 43.9 Å². The summed E-state index contributed by atoms with van der Waals surface area (Å²) in [6, 6.07) is 14.7. The lowest BCUT2D eigenvalue weighted by Crippen LogP contribution is -2.42. The molecule has 1 unspecified atom stereocenters. The van der Waals surface area contributed by atoms with Gasteiger partial charge in [0.15, 0.2) is 0 Å². The Labute approximate surface area is 199 Å². The first-order chi connectivity index (χ1) is 16.9. The molecule has 2 heterocycles. The smallest absolute Gasteiger partial charge is 0.382 e. The third kappa shape index (κ3) is 4.96. The molecule has 2 aromatic heterocycles. The Morgan fingerprint density at radius 3 is 2.49 bits per heavy atom. The highest BCUT2D eigenvalue weighted by Gasteiger charge is 2.34. The van der Waals surface area contributed by atoms with Gasteiger partial charge < -0.3 is 10.6 Å². The van der Waals surface area contributed by atoms with Crippen molar-refractivity contribution in [3.63, 3.8) is 0 Å². The first-order valence-corrected chi connectivity index (χ1v) is 11.4. The van der Waals surface area contributed by atoms with Crippen LogP contribution in [0.2, 0.25) is 0 Å². The summed E-state index contributed by atoms with van der Waals surface area (Å²) in [7, 11) is 0. The van der Waals surface area contributed by atoms with Crippen LogP contribution in [0.25, 0.3) is 16.6 Å². The number of anilines is 1. The van der Waals surface area contributed by atoms with Crippen LogP contribution in [-0.2, 0) is 6.18 Å². The molecule has 1 aliphatic carbocycles. The van der Waals surface area contributed by atoms with Crippen molar-refractivity contribution in [2.75, 3.05) is 5.32 Å². The number of nitrogens with zero attached hydrogens (tertiary/aromatic N) is 4. The van der Waals surface area contributed by atoms with Gasteiger partial charge in [0, 0.05) is 23.2 Å². The molecule has 2 aromatic carbocycles. The van der Waals surface area contributed by atoms with Crippen LogP contribution in [0.4, 0.5) is 18.9 Å². The molecule has 0 saturated heterocycles. The second-order valence-corrected chi connectivity index (χ2v) is 8.58. The summed E-state index contributed by atoms with van der Waals surface area (Å²) in [5.41, 5.74) is 0.782. The summed E-state index contributed by atoms with van der Waals surface area (Å²) in [5, 5.41) is 15.2. The highest BCUT2D eigenvalue weighted by atomic mass is 19.4. The van der Waals surface area contributed by atoms with Crippen LogP contribution in [0.15, 0.2) is 67.0 Å². The number of alkyl halides is 3. The molecule has 0 spiro atoms. The number of aromatic nitrogens is 4. The van der Waals surface area contributed by atoms with E-state index in [1.54, 1.807) is 54.9 Å². The number of pyridine rings is 1. The van der Waals surface area contributed by atoms with Gasteiger partial charge in [-0.3, -0.25) is 4.79 Å². The number of rotatable bonds is 5. The lowest BCUT2D eigenvalue weighted by atomic mass is 9.90. The van der Waals surface area contributed by atoms with E-state index < -0.39 is 11.9 Å². The van der Waals surface area contributed by atoms with Gasteiger partial charge in [-0.2, -0.15) is 28.2 Å². The normalized spacial score (nSPS) is 18.4. The van der Waals surface area contributed by atoms with Crippen LogP contribution < -0.4 is 10.6 Å². The maximum absolute atomic E-state index is 13.4. The molecule has 0 aliphatic heterocycles. The summed E-state index contributed by atoms with van der Waals surface area (Å²) in [6.45, 7) is 0. The number of hydrogen-bond acceptors (Lipinski definition) is 5. The van der Waals surface area contributed by atoms with Crippen LogP contribution in [-0.4, -0.2) is 38.0 Å². The van der Waals surface area contributed by atoms with Crippen molar-refractivity contribution in [1.29, 1.82) is 0 Å². The van der Waals surface area contributed by atoms with E-state index in [9.17, 15) is 18.0 Å². The van der Waals surface area contributed by atoms with E-state index in [1.165, 1.54) is 4.80 Å². The third-order valence-electron chi connectivity index (χ3n) is 6.16. The Hall–Kier alpha value is -3.95. The van der Waals surface area contributed by atoms with Gasteiger partial charge in [-0.25, -0.2) is 4.98 Å². The van der Waals surface area contributed by atoms with E-state index in [0.717, 1.165) is 25.3 Å². The lowest BCUT2D eigenvalue weighted by Gasteiger charge is -2.31. The molecule has 1 saturated carbocycles. The molecule has 5 rings (SSSR count). The number of benzene rings is 2. The maximum Gasteiger partial charge on any atom is 0.433 e. The predicted molar refractivity (Wildman–Crippen MR) is 125 cm³/mol. The molecule has 2 atom stereocenters. The first kappa shape index (κ1) is 22.8. The van der Waals surface area contributed by atoms with Gasteiger partial charge in [-0.05, 0) is 49.9 Å². The number of fused-ring (bicyclic) bond motifs is 1. The summed E-state index contributed by atoms with van der Waals surface area (Å²) >= 11 is 0. The zero-order valence-corrected chi connectivity index (χ0v) is 18.7. The number of nitrogens with one attached hydrogen (secondary N) is 2. The molecule has 0 radical (unpaired) electrons. The Kier molecular flexibility index (Phi) is 6.10. The molecule has 1 fully saturated rings. The van der Waals surface area contributed by atoms with Crippen molar-refractivity contribution < 1.29 is 18.0 Å². The highest BCUT2D eigenvalue weighted by molar-refractivity contribution is 5.98. The minimum Gasteiger partial charge on any atom is -0.382 e. The quantitative estimate of drug-likeness (QED) is 0.421. The predicted octanol–water partition coefficient (Wildman–Crippen LogP) is 4.99. The third-order valence-corrected chi connectivity index (χ3v) is 6.16. The molecule has 1 aliphatic rings. The van der Waals surface area contributed by atoms with Gasteiger partial charge in [0.05, 0.1) is 29.2 Å². The average Bonchev–Trinajstić information content (AvgIpc) is 3.39. The van der Waals surface area contributed by atoms with E-state index in [0.29, 0.717) is 28.7 Å². The van der Waals surface area contributed by atoms with Crippen LogP contribution >= 0.6 is 0 Å². The van der Waals surface area contributed by atoms with E-state index in [4.69, 9.17) is 0 Å². The first-order valence-electron chi connectivity index (χ1n) is 11.4. The number of para-hydroxylation sites is 2. The van der Waals surface area contributed by atoms with Crippen molar-refractivity contribution in [1.82, 2.24) is 25.3 Å². The molecule has 1 amide bonds. The van der Waals surface area contributed by atoms with Gasteiger partial charge in [-0.15, -0.1) is 0 Å². The fraction of sp³-hybridized carbons (Fsp3) is 0.280. The van der Waals surface area contributed by atoms with E-state index >= 15 is 0 Å². The maximum atomic E-state index is 13.4. The standard InChI is InChI=1S/C25H23F3N6O/c26-25(27,28)23-15-21(18-8-1-3-10-20(18)33-23)31-16-6-5-7-17(14-16)32-24(35)19-9-2-4-11-22(19)34-29-12-13-30-34/h1-4,8-13,15-17H,5-7,14H2,(H,31,33)(H,32,35)/t16-,17?/m0/s1. The molecule has 4 aromatic rings. The molecule has 7 nitrogen and oxygen atoms in total. The van der Waals surface area contributed by atoms with Crippen molar-refractivity contribution in [2.24, 2.45) is 0 Å². The highest BCUT2D eigenvalue weighted by Crippen LogP contribution is 2.34. The lowest BCUT2D eigenvalue weighted by molar-refractivity contribution is -0.140. The Morgan fingerprint density at radius 2 is 1.69 bits per heavy atom. The number of carbonyl (C=O) groups is 1. The van der Waals surface area contributed by atoms with Gasteiger partial charge in [0.1, 0.15) is 5.69 Å². The summed E-state index contributed by atoms with van der Waals surface area (Å²) in [4.78, 5) is 18.3. The number of halogens is 3. The topological polar surface area (TPSA) is 84.7 Å². The zero-order valence-electron chi connectivity index (χ0n) is 18.7. The van der Waals surface area contributed by atoms with Crippen molar-refractivity contribution in [3.8, 4) is 5.69 Å². The molecule has 35 heavy (non-hydrogen) atoms. The fourth-order valence-electron chi connectivity index (χ4n) is 4.56. The van der Waals surface area contributed by atoms with E-state index in [-0.39, 0.29) is 23.5 Å². The fourth-order valence-corrected chi connectivity index (χ4v) is 4.56. The number of carbonyl (C=O) groups excluding carboxylic acids is 1. The minimum absolute atomic E-state index is 0.0936. The van der Waals surface area contributed by atoms with Crippen LogP contribution in [0, 0.1) is 0 Å². The Balaban J connectivity index is 1.33. The minimum atomic E-state index is -4.54. The SMILES string of the molecule is O=C(NC1CCC[C@H](Nc2cc(C(F)(F)F)nc3ccccc23)C1)c1ccccc1-n1nccn1. The summed E-state index contributed by atoms with van der Waals surface area (Å²) < 4.78 is 40.3. The number of amides is 1. The van der Waals surface area contributed by atoms with E-state index in [2.05, 4.69) is 25.8 Å². The summed E-state index contributed by atoms with van der Waals surface area (Å²) in [6.07, 6.45) is 1.54. The van der Waals surface area contributed by atoms with Crippen LogP contribution in [0.3, 0.4) is 0 Å². The molecule has 0 bridgehead atoms. The Morgan fingerprint density at radius 1 is 0.971 bits per heavy atom. The van der Waals surface area contributed by atoms with Crippen molar-refractivity contribution >= 4 is 22.5 Å². The van der Waals surface area contributed by atoms with Crippen molar-refractivity contribution in [3.05, 3.63) is 78.2 Å². The Bertz CT molecular complexity index is 1340. The van der Waals surface area contributed by atoms with Gasteiger partial charge in [-0.1, -0.05) is 30.3 Å². The van der Waals surface area contributed by atoms with Gasteiger partial charge >= 0.3 is 6.18 Å². The second kappa shape index (κ2) is 9.36. The molecular formula is C25H23F3N6O. The largest absolute Gasteiger partial charge is 0.433 e. The van der Waals surface area contributed by atoms with Gasteiger partial charge in [0.25, 0.3) is 5.91 Å². The monoisotopic (exact) mass is 480 g/mol. The number of hydrogen-bond donors (Lipinski definition) is 2. The van der Waals surface area contributed by atoms with Crippen LogP contribution in [0.1, 0.15) is 41.7 Å². The summed E-state index contributed by atoms with van der Waals surface area (Å²) in [5.74, 6) is -0.239. The molecular weight excluding hydrogens is 457 g/mol. The molecule has 2 N–H and O–H groups in total. The average molecular weight is 480 g/mol. The van der Waals surface area contributed by atoms with E-state index in [1.807, 2.05) is 6.07 Å². The second-order valence-electron chi connectivity index (χ2n) is 8.58. The zero-order chi connectivity index (χ0) is 24.4. The molecule has 180 valence electrons. The molecule has 10 heteroatoms. The van der Waals surface area contributed by atoms with Crippen LogP contribution in [0.5, 0.6) is 0 Å². The van der Waals surface area contributed by atoms with Gasteiger partial charge in [0.2, 0.25) is 0 Å².